The summed E-state index contributed by atoms with van der Waals surface area (Å²) in [4.78, 5) is 2.50. The summed E-state index contributed by atoms with van der Waals surface area (Å²) in [5.41, 5.74) is 0. The molecule has 1 aliphatic heterocycles. The molecule has 140 valence electrons. The van der Waals surface area contributed by atoms with E-state index in [2.05, 4.69) is 4.90 Å². The van der Waals surface area contributed by atoms with E-state index in [-0.39, 0.29) is 17.2 Å². The number of halogens is 1. The van der Waals surface area contributed by atoms with Gasteiger partial charge in [0.2, 0.25) is 0 Å². The van der Waals surface area contributed by atoms with Crippen LogP contribution in [0.5, 0.6) is 0 Å². The lowest BCUT2D eigenvalue weighted by molar-refractivity contribution is -0.0923. The monoisotopic (exact) mass is 341 g/mol. The molecule has 0 spiro atoms. The van der Waals surface area contributed by atoms with Gasteiger partial charge in [-0.3, -0.25) is 5.23 Å². The first kappa shape index (κ1) is 18.6. The second kappa shape index (κ2) is 8.93. The molecule has 2 saturated carbocycles. The van der Waals surface area contributed by atoms with Crippen LogP contribution in [0.25, 0.3) is 0 Å². The van der Waals surface area contributed by atoms with Crippen molar-refractivity contribution >= 4 is 0 Å². The lowest BCUT2D eigenvalue weighted by Gasteiger charge is -2.39. The minimum Gasteiger partial charge on any atom is -0.762 e. The van der Waals surface area contributed by atoms with E-state index in [0.717, 1.165) is 76.4 Å². The van der Waals surface area contributed by atoms with Crippen LogP contribution < -0.4 is 0 Å². The molecule has 2 unspecified atom stereocenters. The number of hydroxylamine groups is 2. The second-order valence-electron chi connectivity index (χ2n) is 8.52. The van der Waals surface area contributed by atoms with Gasteiger partial charge in [-0.15, -0.1) is 0 Å². The molecular formula is C19H34FN2O2-. The Morgan fingerprint density at radius 1 is 0.917 bits per heavy atom. The summed E-state index contributed by atoms with van der Waals surface area (Å²) in [6.07, 6.45) is 11.2. The molecule has 3 rings (SSSR count). The average Bonchev–Trinajstić information content (AvgIpc) is 2.59. The zero-order chi connectivity index (χ0) is 16.9. The van der Waals surface area contributed by atoms with Crippen LogP contribution in [0.1, 0.15) is 70.6 Å². The number of piperidine rings is 1. The number of nitrogens with zero attached hydrogens (tertiary/aromatic N) is 2. The van der Waals surface area contributed by atoms with Gasteiger partial charge in [-0.2, -0.15) is 0 Å². The third-order valence-corrected chi connectivity index (χ3v) is 6.81. The van der Waals surface area contributed by atoms with Crippen LogP contribution in [0.2, 0.25) is 0 Å². The van der Waals surface area contributed by atoms with Gasteiger partial charge in [0.25, 0.3) is 0 Å². The summed E-state index contributed by atoms with van der Waals surface area (Å²) in [6, 6.07) is -0.174. The number of rotatable bonds is 5. The Hall–Kier alpha value is -0.230. The normalized spacial score (nSPS) is 37.0. The van der Waals surface area contributed by atoms with Gasteiger partial charge >= 0.3 is 0 Å². The highest BCUT2D eigenvalue weighted by Crippen LogP contribution is 2.35. The highest BCUT2D eigenvalue weighted by molar-refractivity contribution is 4.83. The van der Waals surface area contributed by atoms with Crippen molar-refractivity contribution < 1.29 is 9.60 Å². The Bertz CT molecular complexity index is 366. The van der Waals surface area contributed by atoms with Crippen molar-refractivity contribution in [2.45, 2.75) is 82.8 Å². The van der Waals surface area contributed by atoms with E-state index >= 15 is 0 Å². The maximum Gasteiger partial charge on any atom is 0.104 e. The molecule has 0 aromatic rings. The van der Waals surface area contributed by atoms with Gasteiger partial charge in [0, 0.05) is 18.5 Å². The topological polar surface area (TPSA) is 49.8 Å². The van der Waals surface area contributed by atoms with E-state index in [1.54, 1.807) is 0 Å². The fourth-order valence-corrected chi connectivity index (χ4v) is 5.18. The first-order valence-electron chi connectivity index (χ1n) is 10.1. The van der Waals surface area contributed by atoms with Gasteiger partial charge in [-0.1, -0.05) is 12.8 Å². The van der Waals surface area contributed by atoms with Gasteiger partial charge < -0.3 is 15.3 Å². The summed E-state index contributed by atoms with van der Waals surface area (Å²) < 4.78 is 14.0. The Labute approximate surface area is 145 Å². The summed E-state index contributed by atoms with van der Waals surface area (Å²) in [7, 11) is 0. The Kier molecular flexibility index (Phi) is 6.90. The summed E-state index contributed by atoms with van der Waals surface area (Å²) in [5.74, 6) is 1.80. The van der Waals surface area contributed by atoms with Crippen LogP contribution in [0, 0.1) is 23.0 Å². The van der Waals surface area contributed by atoms with E-state index < -0.39 is 6.17 Å². The minimum absolute atomic E-state index is 0.165. The first-order chi connectivity index (χ1) is 11.6. The molecule has 0 aromatic carbocycles. The smallest absolute Gasteiger partial charge is 0.104 e. The third kappa shape index (κ3) is 5.13. The molecule has 4 nitrogen and oxygen atoms in total. The standard InChI is InChI=1S/C19H34FN2O2/c20-19-4-2-1-3-17(19)14-21-11-9-16(10-12-21)13-15-5-7-18(8-6-15)22(23)24/h15-19,23H,1-14H2/q-1. The molecule has 2 aliphatic carbocycles. The predicted molar refractivity (Wildman–Crippen MR) is 93.4 cm³/mol. The molecule has 1 N–H and O–H groups in total. The molecule has 0 bridgehead atoms. The first-order valence-corrected chi connectivity index (χ1v) is 10.1. The van der Waals surface area contributed by atoms with E-state index in [0.29, 0.717) is 0 Å². The van der Waals surface area contributed by atoms with Crippen molar-refractivity contribution in [3.05, 3.63) is 5.21 Å². The quantitative estimate of drug-likeness (QED) is 0.755. The van der Waals surface area contributed by atoms with E-state index in [9.17, 15) is 9.60 Å². The Balaban J connectivity index is 1.34. The summed E-state index contributed by atoms with van der Waals surface area (Å²) in [6.45, 7) is 3.23. The summed E-state index contributed by atoms with van der Waals surface area (Å²) in [5, 5.41) is 20.1. The largest absolute Gasteiger partial charge is 0.762 e. The van der Waals surface area contributed by atoms with Crippen molar-refractivity contribution in [1.82, 2.24) is 10.1 Å². The third-order valence-electron chi connectivity index (χ3n) is 6.81. The molecule has 0 radical (unpaired) electrons. The molecule has 1 heterocycles. The van der Waals surface area contributed by atoms with Crippen molar-refractivity contribution in [2.75, 3.05) is 19.6 Å². The van der Waals surface area contributed by atoms with Crippen molar-refractivity contribution in [2.24, 2.45) is 17.8 Å². The van der Waals surface area contributed by atoms with Crippen LogP contribution in [0.3, 0.4) is 0 Å². The van der Waals surface area contributed by atoms with Crippen LogP contribution in [0.15, 0.2) is 0 Å². The highest BCUT2D eigenvalue weighted by atomic mass is 19.1. The van der Waals surface area contributed by atoms with Crippen molar-refractivity contribution in [1.29, 1.82) is 0 Å². The van der Waals surface area contributed by atoms with Gasteiger partial charge in [-0.25, -0.2) is 4.39 Å². The van der Waals surface area contributed by atoms with Gasteiger partial charge in [-0.05, 0) is 82.7 Å². The maximum absolute atomic E-state index is 14.0. The van der Waals surface area contributed by atoms with Gasteiger partial charge in [0.15, 0.2) is 0 Å². The molecular weight excluding hydrogens is 307 g/mol. The zero-order valence-electron chi connectivity index (χ0n) is 14.9. The lowest BCUT2D eigenvalue weighted by atomic mass is 9.78. The second-order valence-corrected chi connectivity index (χ2v) is 8.52. The van der Waals surface area contributed by atoms with Crippen molar-refractivity contribution in [3.63, 3.8) is 0 Å². The molecule has 5 heteroatoms. The molecule has 0 amide bonds. The lowest BCUT2D eigenvalue weighted by Crippen LogP contribution is -2.40. The maximum atomic E-state index is 14.0. The number of hydrogen-bond acceptors (Lipinski definition) is 4. The molecule has 3 fully saturated rings. The van der Waals surface area contributed by atoms with Gasteiger partial charge in [0.1, 0.15) is 6.17 Å². The molecule has 0 aromatic heterocycles. The van der Waals surface area contributed by atoms with Crippen LogP contribution >= 0.6 is 0 Å². The van der Waals surface area contributed by atoms with E-state index in [1.165, 1.54) is 25.7 Å². The van der Waals surface area contributed by atoms with Crippen LogP contribution in [0.4, 0.5) is 4.39 Å². The Morgan fingerprint density at radius 3 is 2.17 bits per heavy atom. The number of likely N-dealkylation sites (tertiary alicyclic amines) is 1. The molecule has 1 saturated heterocycles. The molecule has 24 heavy (non-hydrogen) atoms. The van der Waals surface area contributed by atoms with Gasteiger partial charge in [0.05, 0.1) is 0 Å². The number of alkyl halides is 1. The highest BCUT2D eigenvalue weighted by Gasteiger charge is 2.30. The minimum atomic E-state index is -0.571. The summed E-state index contributed by atoms with van der Waals surface area (Å²) >= 11 is 0. The Morgan fingerprint density at radius 2 is 1.54 bits per heavy atom. The fourth-order valence-electron chi connectivity index (χ4n) is 5.18. The van der Waals surface area contributed by atoms with E-state index in [1.807, 2.05) is 0 Å². The average molecular weight is 341 g/mol. The SMILES string of the molecule is [O-]N(O)C1CCC(CC2CCN(CC3CCCCC3F)CC2)CC1. The number of hydrogen-bond donors (Lipinski definition) is 1. The van der Waals surface area contributed by atoms with Crippen LogP contribution in [-0.4, -0.2) is 47.2 Å². The van der Waals surface area contributed by atoms with E-state index in [4.69, 9.17) is 5.21 Å². The van der Waals surface area contributed by atoms with Crippen molar-refractivity contribution in [3.8, 4) is 0 Å². The molecule has 3 aliphatic rings. The fraction of sp³-hybridized carbons (Fsp3) is 1.00. The predicted octanol–water partition coefficient (Wildman–Crippen LogP) is 4.36. The van der Waals surface area contributed by atoms with Crippen LogP contribution in [-0.2, 0) is 0 Å². The zero-order valence-corrected chi connectivity index (χ0v) is 14.9. The molecule has 2 atom stereocenters.